The molecule has 7 aromatic carbocycles. The van der Waals surface area contributed by atoms with Gasteiger partial charge in [0.05, 0.1) is 27.8 Å². The predicted molar refractivity (Wildman–Crippen MR) is 200 cm³/mol. The maximum atomic E-state index is 4.45. The Bertz CT molecular complexity index is 2910. The first-order chi connectivity index (χ1) is 23.8. The van der Waals surface area contributed by atoms with Crippen LogP contribution in [0.25, 0.3) is 99.1 Å². The molecule has 3 aromatic heterocycles. The molecule has 3 nitrogen and oxygen atoms in total. The fraction of sp³-hybridized carbons (Fsp3) is 0. The largest absolute Gasteiger partial charge is 0.309 e. The van der Waals surface area contributed by atoms with Gasteiger partial charge in [-0.25, -0.2) is 0 Å². The van der Waals surface area contributed by atoms with Gasteiger partial charge in [0.15, 0.2) is 0 Å². The second-order valence-corrected chi connectivity index (χ2v) is 12.8. The SMILES string of the molecule is c1ccc(-n2c3ccccc3c3cc(-c4ccc5c(c4)c4ccccc4n5-c4ccc5c6c(cccc46)-c4ccncc4-5)ccc32)cc1. The molecule has 0 bridgehead atoms. The van der Waals surface area contributed by atoms with Crippen molar-refractivity contribution in [3.63, 3.8) is 0 Å². The van der Waals surface area contributed by atoms with Gasteiger partial charge in [0, 0.05) is 50.6 Å². The Morgan fingerprint density at radius 3 is 1.73 bits per heavy atom. The molecule has 0 spiro atoms. The third kappa shape index (κ3) is 3.40. The van der Waals surface area contributed by atoms with Gasteiger partial charge >= 0.3 is 0 Å². The normalized spacial score (nSPS) is 12.2. The second-order valence-electron chi connectivity index (χ2n) is 12.8. The summed E-state index contributed by atoms with van der Waals surface area (Å²) in [5.74, 6) is 0. The van der Waals surface area contributed by atoms with E-state index in [4.69, 9.17) is 0 Å². The molecule has 0 unspecified atom stereocenters. The lowest BCUT2D eigenvalue weighted by molar-refractivity contribution is 1.18. The van der Waals surface area contributed by atoms with Crippen LogP contribution in [-0.2, 0) is 0 Å². The minimum absolute atomic E-state index is 1.18. The van der Waals surface area contributed by atoms with Crippen molar-refractivity contribution in [3.8, 4) is 44.8 Å². The van der Waals surface area contributed by atoms with Crippen LogP contribution in [0, 0.1) is 0 Å². The lowest BCUT2D eigenvalue weighted by Crippen LogP contribution is -1.95. The van der Waals surface area contributed by atoms with E-state index in [1.807, 2.05) is 12.4 Å². The number of para-hydroxylation sites is 3. The summed E-state index contributed by atoms with van der Waals surface area (Å²) in [4.78, 5) is 4.45. The van der Waals surface area contributed by atoms with Crippen LogP contribution in [-0.4, -0.2) is 14.1 Å². The summed E-state index contributed by atoms with van der Waals surface area (Å²) in [6.07, 6.45) is 3.90. The quantitative estimate of drug-likeness (QED) is 0.195. The van der Waals surface area contributed by atoms with Gasteiger partial charge in [-0.2, -0.15) is 0 Å². The summed E-state index contributed by atoms with van der Waals surface area (Å²) in [5.41, 5.74) is 14.7. The van der Waals surface area contributed by atoms with Crippen LogP contribution in [0.2, 0.25) is 0 Å². The average molecular weight is 610 g/mol. The van der Waals surface area contributed by atoms with Crippen LogP contribution in [0.5, 0.6) is 0 Å². The first-order valence-corrected chi connectivity index (χ1v) is 16.5. The van der Waals surface area contributed by atoms with Gasteiger partial charge in [0.2, 0.25) is 0 Å². The van der Waals surface area contributed by atoms with Crippen LogP contribution < -0.4 is 0 Å². The van der Waals surface area contributed by atoms with Crippen molar-refractivity contribution in [3.05, 3.63) is 164 Å². The molecule has 0 radical (unpaired) electrons. The maximum absolute atomic E-state index is 4.45. The van der Waals surface area contributed by atoms with Crippen LogP contribution >= 0.6 is 0 Å². The molecular formula is C45H27N3. The highest BCUT2D eigenvalue weighted by Crippen LogP contribution is 2.49. The summed E-state index contributed by atoms with van der Waals surface area (Å²) in [6.45, 7) is 0. The molecule has 10 aromatic rings. The van der Waals surface area contributed by atoms with Crippen molar-refractivity contribution in [2.24, 2.45) is 0 Å². The molecule has 3 heteroatoms. The number of benzene rings is 7. The van der Waals surface area contributed by atoms with E-state index in [2.05, 4.69) is 166 Å². The van der Waals surface area contributed by atoms with Gasteiger partial charge in [-0.15, -0.1) is 0 Å². The first-order valence-electron chi connectivity index (χ1n) is 16.5. The highest BCUT2D eigenvalue weighted by molar-refractivity contribution is 6.19. The zero-order valence-corrected chi connectivity index (χ0v) is 25.9. The number of rotatable bonds is 3. The molecule has 0 saturated carbocycles. The number of pyridine rings is 1. The summed E-state index contributed by atoms with van der Waals surface area (Å²) >= 11 is 0. The van der Waals surface area contributed by atoms with Gasteiger partial charge in [-0.1, -0.05) is 91.0 Å². The molecule has 222 valence electrons. The lowest BCUT2D eigenvalue weighted by Gasteiger charge is -2.13. The average Bonchev–Trinajstić information content (AvgIpc) is 3.78. The molecule has 1 aliphatic rings. The standard InChI is InChI=1S/C45H27N3/c1-2-9-30(10-3-1)47-40-15-6-4-11-32(40)37-25-28(17-20-43(37)47)29-18-21-44-38(26-29)33-12-5-7-16-41(33)48(44)42-22-19-35-39-27-46-24-23-31(39)34-13-8-14-36(42)45(34)35/h1-27H. The van der Waals surface area contributed by atoms with Crippen LogP contribution in [0.15, 0.2) is 164 Å². The van der Waals surface area contributed by atoms with Crippen molar-refractivity contribution >= 4 is 54.4 Å². The van der Waals surface area contributed by atoms with Crippen LogP contribution in [0.4, 0.5) is 0 Å². The molecule has 11 rings (SSSR count). The summed E-state index contributed by atoms with van der Waals surface area (Å²) in [7, 11) is 0. The first kappa shape index (κ1) is 25.7. The maximum Gasteiger partial charge on any atom is 0.0541 e. The van der Waals surface area contributed by atoms with E-state index in [9.17, 15) is 0 Å². The second kappa shape index (κ2) is 9.54. The minimum Gasteiger partial charge on any atom is -0.309 e. The Morgan fingerprint density at radius 1 is 0.375 bits per heavy atom. The Kier molecular flexibility index (Phi) is 5.11. The van der Waals surface area contributed by atoms with E-state index in [0.29, 0.717) is 0 Å². The number of aromatic nitrogens is 3. The van der Waals surface area contributed by atoms with Gasteiger partial charge in [-0.05, 0) is 93.9 Å². The molecular weight excluding hydrogens is 583 g/mol. The van der Waals surface area contributed by atoms with Crippen LogP contribution in [0.3, 0.4) is 0 Å². The van der Waals surface area contributed by atoms with E-state index in [0.717, 1.165) is 0 Å². The Morgan fingerprint density at radius 2 is 0.979 bits per heavy atom. The highest BCUT2D eigenvalue weighted by Gasteiger charge is 2.24. The van der Waals surface area contributed by atoms with Gasteiger partial charge in [0.25, 0.3) is 0 Å². The smallest absolute Gasteiger partial charge is 0.0541 e. The van der Waals surface area contributed by atoms with Gasteiger partial charge in [-0.3, -0.25) is 4.98 Å². The minimum atomic E-state index is 1.18. The van der Waals surface area contributed by atoms with Crippen molar-refractivity contribution in [1.82, 2.24) is 14.1 Å². The molecule has 0 fully saturated rings. The van der Waals surface area contributed by atoms with E-state index in [-0.39, 0.29) is 0 Å². The molecule has 0 aliphatic heterocycles. The Balaban J connectivity index is 1.13. The number of hydrogen-bond donors (Lipinski definition) is 0. The van der Waals surface area contributed by atoms with Gasteiger partial charge < -0.3 is 9.13 Å². The van der Waals surface area contributed by atoms with Gasteiger partial charge in [0.1, 0.15) is 0 Å². The molecule has 1 aliphatic carbocycles. The molecule has 48 heavy (non-hydrogen) atoms. The van der Waals surface area contributed by atoms with Crippen molar-refractivity contribution < 1.29 is 0 Å². The summed E-state index contributed by atoms with van der Waals surface area (Å²) < 4.78 is 4.83. The van der Waals surface area contributed by atoms with Crippen molar-refractivity contribution in [2.75, 3.05) is 0 Å². The number of hydrogen-bond acceptors (Lipinski definition) is 1. The Hall–Kier alpha value is -6.45. The molecule has 3 heterocycles. The van der Waals surface area contributed by atoms with E-state index in [1.165, 1.54) is 99.1 Å². The monoisotopic (exact) mass is 609 g/mol. The number of nitrogens with zero attached hydrogens (tertiary/aromatic N) is 3. The topological polar surface area (TPSA) is 22.8 Å². The zero-order valence-electron chi connectivity index (χ0n) is 25.9. The van der Waals surface area contributed by atoms with Crippen molar-refractivity contribution in [2.45, 2.75) is 0 Å². The van der Waals surface area contributed by atoms with E-state index >= 15 is 0 Å². The fourth-order valence-corrected chi connectivity index (χ4v) is 8.30. The fourth-order valence-electron chi connectivity index (χ4n) is 8.30. The van der Waals surface area contributed by atoms with Crippen LogP contribution in [0.1, 0.15) is 0 Å². The third-order valence-electron chi connectivity index (χ3n) is 10.4. The summed E-state index contributed by atoms with van der Waals surface area (Å²) in [5, 5.41) is 7.61. The highest BCUT2D eigenvalue weighted by atomic mass is 15.0. The predicted octanol–water partition coefficient (Wildman–Crippen LogP) is 11.7. The molecule has 0 saturated heterocycles. The summed E-state index contributed by atoms with van der Waals surface area (Å²) in [6, 6.07) is 55.5. The zero-order chi connectivity index (χ0) is 31.3. The van der Waals surface area contributed by atoms with E-state index < -0.39 is 0 Å². The number of fused-ring (bicyclic) bond motifs is 9. The molecule has 0 amide bonds. The lowest BCUT2D eigenvalue weighted by atomic mass is 10.0. The Labute approximate surface area is 276 Å². The molecule has 0 N–H and O–H groups in total. The van der Waals surface area contributed by atoms with E-state index in [1.54, 1.807) is 0 Å². The molecule has 0 atom stereocenters. The van der Waals surface area contributed by atoms with Crippen molar-refractivity contribution in [1.29, 1.82) is 0 Å². The third-order valence-corrected chi connectivity index (χ3v) is 10.4.